The summed E-state index contributed by atoms with van der Waals surface area (Å²) in [6, 6.07) is 11.6. The quantitative estimate of drug-likeness (QED) is 0.799. The monoisotopic (exact) mass is 284 g/mol. The maximum Gasteiger partial charge on any atom is 0.337 e. The number of carboxylic acid groups (broad SMARTS) is 1. The molecule has 0 saturated carbocycles. The molecule has 0 saturated heterocycles. The molecule has 100 valence electrons. The van der Waals surface area contributed by atoms with Gasteiger partial charge >= 0.3 is 5.97 Å². The average molecular weight is 284 g/mol. The standard InChI is InChI=1S/C15H12N2O2S/c18-15(19)12-6-7-17(8-12)9-13-10-20-14(16-13)11-4-2-1-3-5-11/h1-8,10H,9H2,(H,18,19). The highest BCUT2D eigenvalue weighted by atomic mass is 32.1. The van der Waals surface area contributed by atoms with Crippen molar-refractivity contribution in [3.63, 3.8) is 0 Å². The van der Waals surface area contributed by atoms with Crippen LogP contribution in [0, 0.1) is 0 Å². The second-order valence-corrected chi connectivity index (χ2v) is 5.25. The van der Waals surface area contributed by atoms with Gasteiger partial charge in [-0.1, -0.05) is 30.3 Å². The maximum absolute atomic E-state index is 10.8. The molecule has 0 spiro atoms. The first-order valence-electron chi connectivity index (χ1n) is 6.11. The van der Waals surface area contributed by atoms with E-state index in [9.17, 15) is 4.79 Å². The lowest BCUT2D eigenvalue weighted by Crippen LogP contribution is -1.98. The molecular weight excluding hydrogens is 272 g/mol. The van der Waals surface area contributed by atoms with Crippen LogP contribution < -0.4 is 0 Å². The second-order valence-electron chi connectivity index (χ2n) is 4.39. The van der Waals surface area contributed by atoms with Crippen LogP contribution in [0.4, 0.5) is 0 Å². The predicted molar refractivity (Wildman–Crippen MR) is 78.0 cm³/mol. The van der Waals surface area contributed by atoms with Crippen LogP contribution >= 0.6 is 11.3 Å². The lowest BCUT2D eigenvalue weighted by molar-refractivity contribution is 0.0697. The van der Waals surface area contributed by atoms with E-state index in [1.165, 1.54) is 0 Å². The van der Waals surface area contributed by atoms with E-state index in [0.717, 1.165) is 16.3 Å². The molecule has 1 N–H and O–H groups in total. The fraction of sp³-hybridized carbons (Fsp3) is 0.0667. The first-order chi connectivity index (χ1) is 9.72. The minimum absolute atomic E-state index is 0.295. The van der Waals surface area contributed by atoms with E-state index in [0.29, 0.717) is 12.1 Å². The Morgan fingerprint density at radius 2 is 2.05 bits per heavy atom. The van der Waals surface area contributed by atoms with E-state index >= 15 is 0 Å². The first-order valence-corrected chi connectivity index (χ1v) is 6.99. The molecule has 0 bridgehead atoms. The first kappa shape index (κ1) is 12.6. The highest BCUT2D eigenvalue weighted by molar-refractivity contribution is 7.13. The molecule has 0 atom stereocenters. The zero-order valence-corrected chi connectivity index (χ0v) is 11.4. The Morgan fingerprint density at radius 1 is 1.25 bits per heavy atom. The molecule has 0 aliphatic carbocycles. The van der Waals surface area contributed by atoms with Crippen LogP contribution in [0.5, 0.6) is 0 Å². The van der Waals surface area contributed by atoms with Crippen molar-refractivity contribution in [1.29, 1.82) is 0 Å². The van der Waals surface area contributed by atoms with Crippen molar-refractivity contribution in [3.05, 3.63) is 65.4 Å². The zero-order valence-electron chi connectivity index (χ0n) is 10.6. The number of carboxylic acids is 1. The Bertz CT molecular complexity index is 731. The Morgan fingerprint density at radius 3 is 2.75 bits per heavy atom. The fourth-order valence-corrected chi connectivity index (χ4v) is 2.76. The Balaban J connectivity index is 1.78. The summed E-state index contributed by atoms with van der Waals surface area (Å²) in [5.74, 6) is -0.910. The van der Waals surface area contributed by atoms with Crippen molar-refractivity contribution >= 4 is 17.3 Å². The van der Waals surface area contributed by atoms with Crippen molar-refractivity contribution in [2.45, 2.75) is 6.54 Å². The highest BCUT2D eigenvalue weighted by Gasteiger charge is 2.07. The third-order valence-electron chi connectivity index (χ3n) is 2.91. The summed E-state index contributed by atoms with van der Waals surface area (Å²) in [5, 5.41) is 11.9. The van der Waals surface area contributed by atoms with Crippen LogP contribution in [0.2, 0.25) is 0 Å². The number of benzene rings is 1. The second kappa shape index (κ2) is 5.30. The molecular formula is C15H12N2O2S. The Hall–Kier alpha value is -2.40. The van der Waals surface area contributed by atoms with Gasteiger partial charge in [-0.05, 0) is 6.07 Å². The van der Waals surface area contributed by atoms with Gasteiger partial charge in [0.15, 0.2) is 0 Å². The Labute approximate surface area is 120 Å². The van der Waals surface area contributed by atoms with Crippen molar-refractivity contribution < 1.29 is 9.90 Å². The van der Waals surface area contributed by atoms with E-state index < -0.39 is 5.97 Å². The van der Waals surface area contributed by atoms with Gasteiger partial charge in [-0.2, -0.15) is 0 Å². The van der Waals surface area contributed by atoms with E-state index in [2.05, 4.69) is 4.98 Å². The highest BCUT2D eigenvalue weighted by Crippen LogP contribution is 2.23. The SMILES string of the molecule is O=C(O)c1ccn(Cc2csc(-c3ccccc3)n2)c1. The number of thiazole rings is 1. The number of aromatic nitrogens is 2. The summed E-state index contributed by atoms with van der Waals surface area (Å²) < 4.78 is 1.83. The van der Waals surface area contributed by atoms with E-state index in [-0.39, 0.29) is 0 Å². The summed E-state index contributed by atoms with van der Waals surface area (Å²) in [4.78, 5) is 15.4. The van der Waals surface area contributed by atoms with Crippen LogP contribution in [0.1, 0.15) is 16.1 Å². The molecule has 5 heteroatoms. The third-order valence-corrected chi connectivity index (χ3v) is 3.85. The molecule has 2 aromatic heterocycles. The van der Waals surface area contributed by atoms with Crippen LogP contribution in [0.3, 0.4) is 0 Å². The van der Waals surface area contributed by atoms with Gasteiger partial charge in [-0.15, -0.1) is 11.3 Å². The zero-order chi connectivity index (χ0) is 13.9. The molecule has 0 fully saturated rings. The summed E-state index contributed by atoms with van der Waals surface area (Å²) in [7, 11) is 0. The summed E-state index contributed by atoms with van der Waals surface area (Å²) in [6.07, 6.45) is 3.37. The van der Waals surface area contributed by atoms with Crippen LogP contribution in [0.15, 0.2) is 54.2 Å². The predicted octanol–water partition coefficient (Wildman–Crippen LogP) is 3.36. The third kappa shape index (κ3) is 2.62. The molecule has 0 aliphatic rings. The molecule has 3 aromatic rings. The van der Waals surface area contributed by atoms with Crippen molar-refractivity contribution in [2.75, 3.05) is 0 Å². The summed E-state index contributed by atoms with van der Waals surface area (Å²) >= 11 is 1.59. The smallest absolute Gasteiger partial charge is 0.337 e. The molecule has 3 rings (SSSR count). The summed E-state index contributed by atoms with van der Waals surface area (Å²) in [6.45, 7) is 0.580. The number of rotatable bonds is 4. The molecule has 1 aromatic carbocycles. The molecule has 0 unspecified atom stereocenters. The molecule has 0 aliphatic heterocycles. The lowest BCUT2D eigenvalue weighted by atomic mass is 10.2. The number of aromatic carboxylic acids is 1. The molecule has 0 amide bonds. The number of hydrogen-bond donors (Lipinski definition) is 1. The largest absolute Gasteiger partial charge is 0.478 e. The number of carbonyl (C=O) groups is 1. The van der Waals surface area contributed by atoms with Crippen LogP contribution in [-0.4, -0.2) is 20.6 Å². The number of hydrogen-bond acceptors (Lipinski definition) is 3. The van der Waals surface area contributed by atoms with Crippen LogP contribution in [-0.2, 0) is 6.54 Å². The van der Waals surface area contributed by atoms with Crippen molar-refractivity contribution in [2.24, 2.45) is 0 Å². The summed E-state index contributed by atoms with van der Waals surface area (Å²) in [5.41, 5.74) is 2.33. The minimum Gasteiger partial charge on any atom is -0.478 e. The van der Waals surface area contributed by atoms with Gasteiger partial charge in [-0.25, -0.2) is 9.78 Å². The van der Waals surface area contributed by atoms with E-state index in [4.69, 9.17) is 5.11 Å². The van der Waals surface area contributed by atoms with Gasteiger partial charge in [0.2, 0.25) is 0 Å². The van der Waals surface area contributed by atoms with Gasteiger partial charge in [0.05, 0.1) is 17.8 Å². The van der Waals surface area contributed by atoms with Gasteiger partial charge in [-0.3, -0.25) is 0 Å². The van der Waals surface area contributed by atoms with Gasteiger partial charge in [0, 0.05) is 23.3 Å². The van der Waals surface area contributed by atoms with Crippen molar-refractivity contribution in [1.82, 2.24) is 9.55 Å². The fourth-order valence-electron chi connectivity index (χ4n) is 1.95. The maximum atomic E-state index is 10.8. The molecule has 2 heterocycles. The molecule has 4 nitrogen and oxygen atoms in total. The molecule has 20 heavy (non-hydrogen) atoms. The average Bonchev–Trinajstić information content (AvgIpc) is 3.10. The topological polar surface area (TPSA) is 55.1 Å². The molecule has 0 radical (unpaired) electrons. The van der Waals surface area contributed by atoms with Gasteiger partial charge in [0.1, 0.15) is 5.01 Å². The van der Waals surface area contributed by atoms with Crippen molar-refractivity contribution in [3.8, 4) is 10.6 Å². The van der Waals surface area contributed by atoms with Gasteiger partial charge < -0.3 is 9.67 Å². The van der Waals surface area contributed by atoms with E-state index in [1.807, 2.05) is 40.3 Å². The van der Waals surface area contributed by atoms with E-state index in [1.54, 1.807) is 29.8 Å². The minimum atomic E-state index is -0.910. The Kier molecular flexibility index (Phi) is 3.35. The lowest BCUT2D eigenvalue weighted by Gasteiger charge is -1.98. The van der Waals surface area contributed by atoms with Crippen LogP contribution in [0.25, 0.3) is 10.6 Å². The van der Waals surface area contributed by atoms with Gasteiger partial charge in [0.25, 0.3) is 0 Å². The number of nitrogens with zero attached hydrogens (tertiary/aromatic N) is 2. The normalized spacial score (nSPS) is 10.6.